The number of carbonyl (C=O) groups excluding carboxylic acids is 1. The van der Waals surface area contributed by atoms with Crippen molar-refractivity contribution in [3.05, 3.63) is 0 Å². The summed E-state index contributed by atoms with van der Waals surface area (Å²) in [6, 6.07) is -0.886. The van der Waals surface area contributed by atoms with Gasteiger partial charge in [0.15, 0.2) is 0 Å². The second-order valence-electron chi connectivity index (χ2n) is 4.27. The largest absolute Gasteiger partial charge is 0.480 e. The lowest BCUT2D eigenvalue weighted by molar-refractivity contribution is -0.145. The van der Waals surface area contributed by atoms with Gasteiger partial charge in [0.05, 0.1) is 0 Å². The van der Waals surface area contributed by atoms with Crippen molar-refractivity contribution in [1.82, 2.24) is 9.80 Å². The lowest BCUT2D eigenvalue weighted by Crippen LogP contribution is -2.54. The summed E-state index contributed by atoms with van der Waals surface area (Å²) in [5, 5.41) is 9.10. The van der Waals surface area contributed by atoms with Crippen LogP contribution in [0.1, 0.15) is 19.8 Å². The smallest absolute Gasteiger partial charge is 0.326 e. The Labute approximate surface area is 89.7 Å². The Balaban J connectivity index is 2.84. The number of piperidine rings is 1. The summed E-state index contributed by atoms with van der Waals surface area (Å²) in [7, 11) is 3.28. The summed E-state index contributed by atoms with van der Waals surface area (Å²) in [4.78, 5) is 25.7. The number of likely N-dealkylation sites (tertiary alicyclic amines) is 1. The molecule has 5 heteroatoms. The number of carbonyl (C=O) groups is 2. The van der Waals surface area contributed by atoms with Crippen LogP contribution in [0, 0.1) is 5.92 Å². The number of carboxylic acid groups (broad SMARTS) is 1. The first kappa shape index (κ1) is 11.8. The Morgan fingerprint density at radius 1 is 1.40 bits per heavy atom. The predicted molar refractivity (Wildman–Crippen MR) is 55.6 cm³/mol. The van der Waals surface area contributed by atoms with Crippen molar-refractivity contribution in [2.45, 2.75) is 25.8 Å². The van der Waals surface area contributed by atoms with Crippen LogP contribution in [-0.4, -0.2) is 53.6 Å². The highest BCUT2D eigenvalue weighted by atomic mass is 16.4. The molecule has 15 heavy (non-hydrogen) atoms. The summed E-state index contributed by atoms with van der Waals surface area (Å²) in [6.45, 7) is 2.42. The zero-order chi connectivity index (χ0) is 11.6. The summed E-state index contributed by atoms with van der Waals surface area (Å²) < 4.78 is 0. The van der Waals surface area contributed by atoms with Crippen molar-refractivity contribution in [1.29, 1.82) is 0 Å². The Morgan fingerprint density at radius 3 is 2.47 bits per heavy atom. The third-order valence-electron chi connectivity index (χ3n) is 2.81. The Morgan fingerprint density at radius 2 is 2.00 bits per heavy atom. The van der Waals surface area contributed by atoms with Crippen LogP contribution in [0.25, 0.3) is 0 Å². The molecule has 0 aliphatic carbocycles. The molecule has 0 aromatic heterocycles. The molecule has 0 bridgehead atoms. The summed E-state index contributed by atoms with van der Waals surface area (Å²) in [5.41, 5.74) is 0. The zero-order valence-corrected chi connectivity index (χ0v) is 9.43. The molecule has 1 heterocycles. The van der Waals surface area contributed by atoms with E-state index in [1.54, 1.807) is 14.1 Å². The van der Waals surface area contributed by atoms with Crippen molar-refractivity contribution in [3.63, 3.8) is 0 Å². The van der Waals surface area contributed by atoms with Crippen LogP contribution in [0.4, 0.5) is 4.79 Å². The minimum absolute atomic E-state index is 0.0279. The van der Waals surface area contributed by atoms with Gasteiger partial charge >= 0.3 is 12.0 Å². The molecule has 0 saturated carbocycles. The molecule has 86 valence electrons. The van der Waals surface area contributed by atoms with E-state index >= 15 is 0 Å². The van der Waals surface area contributed by atoms with Crippen molar-refractivity contribution >= 4 is 12.0 Å². The van der Waals surface area contributed by atoms with Gasteiger partial charge in [-0.05, 0) is 18.8 Å². The van der Waals surface area contributed by atoms with Gasteiger partial charge in [-0.3, -0.25) is 0 Å². The minimum atomic E-state index is -0.905. The van der Waals surface area contributed by atoms with E-state index in [2.05, 4.69) is 0 Å². The number of aliphatic carboxylic acids is 1. The second-order valence-corrected chi connectivity index (χ2v) is 4.27. The van der Waals surface area contributed by atoms with Crippen molar-refractivity contribution in [2.24, 2.45) is 5.92 Å². The van der Waals surface area contributed by atoms with E-state index in [-0.39, 0.29) is 11.9 Å². The summed E-state index contributed by atoms with van der Waals surface area (Å²) in [6.07, 6.45) is 1.75. The lowest BCUT2D eigenvalue weighted by atomic mass is 9.91. The van der Waals surface area contributed by atoms with E-state index in [0.29, 0.717) is 6.54 Å². The molecule has 1 saturated heterocycles. The Kier molecular flexibility index (Phi) is 3.55. The number of carboxylic acids is 1. The summed E-state index contributed by atoms with van der Waals surface area (Å²) in [5.74, 6) is -0.877. The van der Waals surface area contributed by atoms with Gasteiger partial charge < -0.3 is 14.9 Å². The second kappa shape index (κ2) is 4.51. The van der Waals surface area contributed by atoms with Crippen LogP contribution < -0.4 is 0 Å². The lowest BCUT2D eigenvalue weighted by Gasteiger charge is -2.38. The first-order valence-electron chi connectivity index (χ1n) is 5.16. The number of rotatable bonds is 1. The number of urea groups is 1. The fourth-order valence-electron chi connectivity index (χ4n) is 2.04. The Hall–Kier alpha value is -1.26. The molecule has 1 fully saturated rings. The quantitative estimate of drug-likeness (QED) is 0.704. The van der Waals surface area contributed by atoms with Crippen LogP contribution in [0.5, 0.6) is 0 Å². The average molecular weight is 214 g/mol. The predicted octanol–water partition coefficient (Wildman–Crippen LogP) is 0.853. The third kappa shape index (κ3) is 2.40. The molecule has 1 rings (SSSR count). The molecule has 0 spiro atoms. The van der Waals surface area contributed by atoms with Crippen LogP contribution >= 0.6 is 0 Å². The third-order valence-corrected chi connectivity index (χ3v) is 2.81. The highest BCUT2D eigenvalue weighted by Crippen LogP contribution is 2.24. The first-order chi connectivity index (χ1) is 6.95. The molecule has 1 aliphatic heterocycles. The molecule has 0 aromatic carbocycles. The maximum absolute atomic E-state index is 11.7. The molecule has 1 N–H and O–H groups in total. The standard InChI is InChI=1S/C10H18N2O3/c1-7-5-4-6-12(8(7)9(13)14)10(15)11(2)3/h7-8H,4-6H2,1-3H3,(H,13,14). The molecule has 5 nitrogen and oxygen atoms in total. The first-order valence-corrected chi connectivity index (χ1v) is 5.16. The normalized spacial score (nSPS) is 26.2. The van der Waals surface area contributed by atoms with E-state index in [4.69, 9.17) is 5.11 Å². The Bertz CT molecular complexity index is 265. The SMILES string of the molecule is CC1CCCN(C(=O)N(C)C)C1C(=O)O. The molecule has 2 atom stereocenters. The zero-order valence-electron chi connectivity index (χ0n) is 9.43. The topological polar surface area (TPSA) is 60.9 Å². The number of hydrogen-bond donors (Lipinski definition) is 1. The van der Waals surface area contributed by atoms with Gasteiger partial charge in [0.2, 0.25) is 0 Å². The van der Waals surface area contributed by atoms with E-state index in [0.717, 1.165) is 12.8 Å². The van der Waals surface area contributed by atoms with Crippen molar-refractivity contribution in [2.75, 3.05) is 20.6 Å². The fraction of sp³-hybridized carbons (Fsp3) is 0.800. The molecule has 2 unspecified atom stereocenters. The van der Waals surface area contributed by atoms with E-state index in [1.807, 2.05) is 6.92 Å². The van der Waals surface area contributed by atoms with Crippen LogP contribution in [0.15, 0.2) is 0 Å². The van der Waals surface area contributed by atoms with Gasteiger partial charge in [-0.1, -0.05) is 6.92 Å². The number of nitrogens with zero attached hydrogens (tertiary/aromatic N) is 2. The van der Waals surface area contributed by atoms with Gasteiger partial charge in [0, 0.05) is 20.6 Å². The van der Waals surface area contributed by atoms with Gasteiger partial charge in [0.25, 0.3) is 0 Å². The molecule has 1 aliphatic rings. The summed E-state index contributed by atoms with van der Waals surface area (Å²) >= 11 is 0. The monoisotopic (exact) mass is 214 g/mol. The number of amides is 2. The van der Waals surface area contributed by atoms with Gasteiger partial charge in [-0.15, -0.1) is 0 Å². The van der Waals surface area contributed by atoms with Crippen LogP contribution in [0.2, 0.25) is 0 Å². The van der Waals surface area contributed by atoms with Crippen molar-refractivity contribution < 1.29 is 14.7 Å². The van der Waals surface area contributed by atoms with E-state index < -0.39 is 12.0 Å². The fourth-order valence-corrected chi connectivity index (χ4v) is 2.04. The molecule has 0 aromatic rings. The van der Waals surface area contributed by atoms with E-state index in [1.165, 1.54) is 9.80 Å². The highest BCUT2D eigenvalue weighted by molar-refractivity contribution is 5.82. The molecular weight excluding hydrogens is 196 g/mol. The number of hydrogen-bond acceptors (Lipinski definition) is 2. The van der Waals surface area contributed by atoms with Gasteiger partial charge in [-0.25, -0.2) is 9.59 Å². The van der Waals surface area contributed by atoms with Crippen LogP contribution in [-0.2, 0) is 4.79 Å². The van der Waals surface area contributed by atoms with E-state index in [9.17, 15) is 9.59 Å². The average Bonchev–Trinajstić information content (AvgIpc) is 2.15. The molecular formula is C10H18N2O3. The molecule has 0 radical (unpaired) electrons. The maximum atomic E-state index is 11.7. The van der Waals surface area contributed by atoms with Crippen LogP contribution in [0.3, 0.4) is 0 Å². The van der Waals surface area contributed by atoms with Crippen molar-refractivity contribution in [3.8, 4) is 0 Å². The maximum Gasteiger partial charge on any atom is 0.326 e. The molecule has 2 amide bonds. The van der Waals surface area contributed by atoms with Gasteiger partial charge in [0.1, 0.15) is 6.04 Å². The van der Waals surface area contributed by atoms with Gasteiger partial charge in [-0.2, -0.15) is 0 Å². The minimum Gasteiger partial charge on any atom is -0.480 e. The highest BCUT2D eigenvalue weighted by Gasteiger charge is 2.37.